The molecule has 0 saturated heterocycles. The van der Waals surface area contributed by atoms with E-state index in [0.717, 1.165) is 23.6 Å². The molecule has 1 atom stereocenters. The molecule has 1 rings (SSSR count). The lowest BCUT2D eigenvalue weighted by Crippen LogP contribution is -2.18. The van der Waals surface area contributed by atoms with E-state index in [-0.39, 0.29) is 11.8 Å². The van der Waals surface area contributed by atoms with Gasteiger partial charge in [-0.15, -0.1) is 0 Å². The molecule has 0 aliphatic heterocycles. The zero-order valence-electron chi connectivity index (χ0n) is 12.6. The van der Waals surface area contributed by atoms with Crippen LogP contribution in [0, 0.1) is 0 Å². The predicted molar refractivity (Wildman–Crippen MR) is 89.5 cm³/mol. The van der Waals surface area contributed by atoms with Crippen molar-refractivity contribution in [3.63, 3.8) is 0 Å². The standard InChI is InChI=1S/C15H25NO2S2/c1-4-12-20(17,18)15-9-7-6-8-14(15)16-13(3)10-11-19-5-2/h6-9,13,16H,4-5,10-12H2,1-3H3. The normalized spacial score (nSPS) is 13.2. The summed E-state index contributed by atoms with van der Waals surface area (Å²) in [4.78, 5) is 0.428. The van der Waals surface area contributed by atoms with E-state index in [9.17, 15) is 8.42 Å². The monoisotopic (exact) mass is 315 g/mol. The van der Waals surface area contributed by atoms with Gasteiger partial charge >= 0.3 is 0 Å². The van der Waals surface area contributed by atoms with E-state index < -0.39 is 9.84 Å². The summed E-state index contributed by atoms with van der Waals surface area (Å²) >= 11 is 1.91. The number of nitrogens with one attached hydrogen (secondary N) is 1. The van der Waals surface area contributed by atoms with Gasteiger partial charge in [0, 0.05) is 6.04 Å². The van der Waals surface area contributed by atoms with E-state index >= 15 is 0 Å². The molecule has 1 aromatic carbocycles. The lowest BCUT2D eigenvalue weighted by Gasteiger charge is -2.18. The molecule has 1 N–H and O–H groups in total. The number of anilines is 1. The van der Waals surface area contributed by atoms with Crippen molar-refractivity contribution < 1.29 is 8.42 Å². The van der Waals surface area contributed by atoms with Crippen LogP contribution in [0.2, 0.25) is 0 Å². The molecule has 0 bridgehead atoms. The van der Waals surface area contributed by atoms with E-state index in [1.54, 1.807) is 12.1 Å². The highest BCUT2D eigenvalue weighted by Crippen LogP contribution is 2.24. The molecule has 0 fully saturated rings. The highest BCUT2D eigenvalue weighted by atomic mass is 32.2. The molecule has 0 heterocycles. The van der Waals surface area contributed by atoms with Crippen LogP contribution >= 0.6 is 11.8 Å². The number of sulfone groups is 1. The molecular formula is C15H25NO2S2. The summed E-state index contributed by atoms with van der Waals surface area (Å²) in [6.07, 6.45) is 1.67. The van der Waals surface area contributed by atoms with Crippen molar-refractivity contribution in [1.29, 1.82) is 0 Å². The first-order chi connectivity index (χ1) is 9.51. The Labute approximate surface area is 127 Å². The average Bonchev–Trinajstić information content (AvgIpc) is 2.39. The maximum absolute atomic E-state index is 12.3. The summed E-state index contributed by atoms with van der Waals surface area (Å²) in [5, 5.41) is 3.34. The summed E-state index contributed by atoms with van der Waals surface area (Å²) in [5.41, 5.74) is 0.731. The molecule has 0 aliphatic carbocycles. The minimum Gasteiger partial charge on any atom is -0.382 e. The van der Waals surface area contributed by atoms with E-state index in [4.69, 9.17) is 0 Å². The van der Waals surface area contributed by atoms with Crippen molar-refractivity contribution in [2.75, 3.05) is 22.6 Å². The van der Waals surface area contributed by atoms with Crippen molar-refractivity contribution in [3.8, 4) is 0 Å². The molecule has 0 radical (unpaired) electrons. The van der Waals surface area contributed by atoms with E-state index in [1.165, 1.54) is 0 Å². The van der Waals surface area contributed by atoms with Gasteiger partial charge in [0.1, 0.15) is 0 Å². The van der Waals surface area contributed by atoms with Crippen LogP contribution in [-0.2, 0) is 9.84 Å². The summed E-state index contributed by atoms with van der Waals surface area (Å²) in [5.74, 6) is 2.41. The number of hydrogen-bond acceptors (Lipinski definition) is 4. The van der Waals surface area contributed by atoms with Crippen molar-refractivity contribution in [1.82, 2.24) is 0 Å². The van der Waals surface area contributed by atoms with Crippen LogP contribution in [0.25, 0.3) is 0 Å². The van der Waals surface area contributed by atoms with Gasteiger partial charge in [0.2, 0.25) is 0 Å². The minimum absolute atomic E-state index is 0.200. The molecule has 20 heavy (non-hydrogen) atoms. The van der Waals surface area contributed by atoms with E-state index in [2.05, 4.69) is 19.2 Å². The Morgan fingerprint density at radius 3 is 2.60 bits per heavy atom. The fourth-order valence-electron chi connectivity index (χ4n) is 1.98. The molecule has 3 nitrogen and oxygen atoms in total. The number of thioether (sulfide) groups is 1. The maximum Gasteiger partial charge on any atom is 0.180 e. The largest absolute Gasteiger partial charge is 0.382 e. The lowest BCUT2D eigenvalue weighted by atomic mass is 10.2. The van der Waals surface area contributed by atoms with Crippen LogP contribution in [-0.4, -0.2) is 31.7 Å². The number of benzene rings is 1. The van der Waals surface area contributed by atoms with Crippen LogP contribution in [0.3, 0.4) is 0 Å². The topological polar surface area (TPSA) is 46.2 Å². The lowest BCUT2D eigenvalue weighted by molar-refractivity contribution is 0.594. The Morgan fingerprint density at radius 1 is 1.25 bits per heavy atom. The second-order valence-electron chi connectivity index (χ2n) is 4.85. The van der Waals surface area contributed by atoms with Gasteiger partial charge in [-0.05, 0) is 43.4 Å². The maximum atomic E-state index is 12.3. The van der Waals surface area contributed by atoms with Gasteiger partial charge in [-0.25, -0.2) is 8.42 Å². The van der Waals surface area contributed by atoms with Crippen LogP contribution < -0.4 is 5.32 Å². The predicted octanol–water partition coefficient (Wildman–Crippen LogP) is 3.81. The molecule has 0 aliphatic rings. The second kappa shape index (κ2) is 8.57. The van der Waals surface area contributed by atoms with Gasteiger partial charge in [-0.2, -0.15) is 11.8 Å². The first-order valence-corrected chi connectivity index (χ1v) is 9.98. The molecule has 114 valence electrons. The van der Waals surface area contributed by atoms with Gasteiger partial charge in [0.25, 0.3) is 0 Å². The van der Waals surface area contributed by atoms with Crippen molar-refractivity contribution >= 4 is 27.3 Å². The smallest absolute Gasteiger partial charge is 0.180 e. The first kappa shape index (κ1) is 17.4. The summed E-state index contributed by atoms with van der Waals surface area (Å²) < 4.78 is 24.5. The van der Waals surface area contributed by atoms with Gasteiger partial charge in [0.05, 0.1) is 16.3 Å². The summed E-state index contributed by atoms with van der Waals surface area (Å²) in [6.45, 7) is 6.13. The number of para-hydroxylation sites is 1. The van der Waals surface area contributed by atoms with Crippen molar-refractivity contribution in [3.05, 3.63) is 24.3 Å². The van der Waals surface area contributed by atoms with Crippen LogP contribution in [0.15, 0.2) is 29.2 Å². The van der Waals surface area contributed by atoms with Gasteiger partial charge in [-0.1, -0.05) is 26.0 Å². The molecule has 5 heteroatoms. The van der Waals surface area contributed by atoms with Crippen molar-refractivity contribution in [2.45, 2.75) is 44.6 Å². The Bertz CT molecular complexity index is 500. The average molecular weight is 316 g/mol. The van der Waals surface area contributed by atoms with Crippen LogP contribution in [0.1, 0.15) is 33.6 Å². The fraction of sp³-hybridized carbons (Fsp3) is 0.600. The number of rotatable bonds is 9. The van der Waals surface area contributed by atoms with E-state index in [1.807, 2.05) is 30.8 Å². The molecular weight excluding hydrogens is 290 g/mol. The third kappa shape index (κ3) is 5.37. The molecule has 0 aromatic heterocycles. The molecule has 0 spiro atoms. The third-order valence-corrected chi connectivity index (χ3v) is 5.90. The zero-order valence-corrected chi connectivity index (χ0v) is 14.2. The Hall–Kier alpha value is -0.680. The quantitative estimate of drug-likeness (QED) is 0.704. The van der Waals surface area contributed by atoms with Gasteiger partial charge in [0.15, 0.2) is 9.84 Å². The third-order valence-electron chi connectivity index (χ3n) is 3.00. The summed E-state index contributed by atoms with van der Waals surface area (Å²) in [7, 11) is -3.18. The van der Waals surface area contributed by atoms with E-state index in [0.29, 0.717) is 11.3 Å². The van der Waals surface area contributed by atoms with Crippen LogP contribution in [0.4, 0.5) is 5.69 Å². The minimum atomic E-state index is -3.18. The zero-order chi connectivity index (χ0) is 15.0. The molecule has 1 aromatic rings. The molecule has 1 unspecified atom stereocenters. The Kier molecular flexibility index (Phi) is 7.45. The fourth-order valence-corrected chi connectivity index (χ4v) is 4.29. The van der Waals surface area contributed by atoms with Gasteiger partial charge in [-0.3, -0.25) is 0 Å². The summed E-state index contributed by atoms with van der Waals surface area (Å²) in [6, 6.07) is 7.48. The first-order valence-electron chi connectivity index (χ1n) is 7.17. The Balaban J connectivity index is 2.80. The SMILES string of the molecule is CCCS(=O)(=O)c1ccccc1NC(C)CCSCC. The van der Waals surface area contributed by atoms with Gasteiger partial charge < -0.3 is 5.32 Å². The Morgan fingerprint density at radius 2 is 1.95 bits per heavy atom. The second-order valence-corrected chi connectivity index (χ2v) is 8.32. The van der Waals surface area contributed by atoms with Crippen LogP contribution in [0.5, 0.6) is 0 Å². The molecule has 0 saturated carbocycles. The van der Waals surface area contributed by atoms with Crippen molar-refractivity contribution in [2.24, 2.45) is 0 Å². The highest BCUT2D eigenvalue weighted by Gasteiger charge is 2.18. The molecule has 0 amide bonds. The highest BCUT2D eigenvalue weighted by molar-refractivity contribution is 7.99. The number of hydrogen-bond donors (Lipinski definition) is 1.